The van der Waals surface area contributed by atoms with Crippen LogP contribution in [0.2, 0.25) is 0 Å². The monoisotopic (exact) mass is 506 g/mol. The summed E-state index contributed by atoms with van der Waals surface area (Å²) in [6.07, 6.45) is 2.35. The molecule has 0 unspecified atom stereocenters. The van der Waals surface area contributed by atoms with Crippen molar-refractivity contribution in [2.24, 2.45) is 5.10 Å². The minimum Gasteiger partial charge on any atom is -0.494 e. The third-order valence-electron chi connectivity index (χ3n) is 4.86. The third kappa shape index (κ3) is 8.28. The van der Waals surface area contributed by atoms with Crippen molar-refractivity contribution in [2.75, 3.05) is 26.9 Å². The molecule has 0 aliphatic rings. The van der Waals surface area contributed by atoms with Crippen molar-refractivity contribution >= 4 is 18.1 Å². The second-order valence-corrected chi connectivity index (χ2v) is 7.63. The summed E-state index contributed by atoms with van der Waals surface area (Å²) in [4.78, 5) is 24.7. The lowest BCUT2D eigenvalue weighted by Crippen LogP contribution is -2.24. The highest BCUT2D eigenvalue weighted by Gasteiger charge is 2.14. The Hall–Kier alpha value is -4.53. The molecule has 0 saturated carbocycles. The van der Waals surface area contributed by atoms with E-state index in [1.165, 1.54) is 13.3 Å². The van der Waals surface area contributed by atoms with Gasteiger partial charge in [-0.15, -0.1) is 0 Å². The number of amides is 1. The molecule has 194 valence electrons. The Morgan fingerprint density at radius 3 is 2.32 bits per heavy atom. The highest BCUT2D eigenvalue weighted by atomic mass is 16.6. The summed E-state index contributed by atoms with van der Waals surface area (Å²) < 4.78 is 27.4. The van der Waals surface area contributed by atoms with Gasteiger partial charge in [0.25, 0.3) is 5.91 Å². The summed E-state index contributed by atoms with van der Waals surface area (Å²) in [5.41, 5.74) is 3.42. The molecular formula is C28H30N2O7. The van der Waals surface area contributed by atoms with Crippen LogP contribution in [-0.2, 0) is 4.79 Å². The minimum atomic E-state index is -0.522. The van der Waals surface area contributed by atoms with Crippen molar-refractivity contribution in [1.82, 2.24) is 5.43 Å². The predicted octanol–water partition coefficient (Wildman–Crippen LogP) is 4.63. The molecule has 0 saturated heterocycles. The maximum atomic E-state index is 12.6. The van der Waals surface area contributed by atoms with Crippen molar-refractivity contribution in [3.05, 3.63) is 77.9 Å². The first kappa shape index (κ1) is 27.1. The molecule has 0 aromatic heterocycles. The zero-order chi connectivity index (χ0) is 26.5. The molecule has 0 aliphatic carbocycles. The van der Waals surface area contributed by atoms with E-state index in [1.807, 2.05) is 13.8 Å². The zero-order valence-corrected chi connectivity index (χ0v) is 21.1. The number of esters is 1. The van der Waals surface area contributed by atoms with Gasteiger partial charge in [0, 0.05) is 0 Å². The molecule has 0 bridgehead atoms. The van der Waals surface area contributed by atoms with Crippen LogP contribution in [0.4, 0.5) is 0 Å². The SMILES string of the molecule is CCCOc1ccc(C(=O)Oc2ccc(/C=N/NC(=O)COc3ccccc3OC)cc2OCC)cc1. The number of benzene rings is 3. The number of nitrogens with one attached hydrogen (secondary N) is 1. The number of hydrogen-bond acceptors (Lipinski definition) is 8. The van der Waals surface area contributed by atoms with Gasteiger partial charge < -0.3 is 23.7 Å². The molecule has 1 N–H and O–H groups in total. The zero-order valence-electron chi connectivity index (χ0n) is 21.1. The second kappa shape index (κ2) is 14.1. The summed E-state index contributed by atoms with van der Waals surface area (Å²) in [6, 6.07) is 18.7. The number of ether oxygens (including phenoxy) is 5. The number of methoxy groups -OCH3 is 1. The fourth-order valence-electron chi connectivity index (χ4n) is 3.12. The largest absolute Gasteiger partial charge is 0.494 e. The maximum absolute atomic E-state index is 12.6. The fraction of sp³-hybridized carbons (Fsp3) is 0.250. The molecular weight excluding hydrogens is 476 g/mol. The number of nitrogens with zero attached hydrogens (tertiary/aromatic N) is 1. The molecule has 0 spiro atoms. The van der Waals surface area contributed by atoms with Gasteiger partial charge in [-0.1, -0.05) is 19.1 Å². The van der Waals surface area contributed by atoms with Crippen LogP contribution in [0.25, 0.3) is 0 Å². The normalized spacial score (nSPS) is 10.6. The number of rotatable bonds is 13. The molecule has 0 atom stereocenters. The van der Waals surface area contributed by atoms with Gasteiger partial charge in [0.15, 0.2) is 29.6 Å². The van der Waals surface area contributed by atoms with E-state index >= 15 is 0 Å². The van der Waals surface area contributed by atoms with E-state index in [9.17, 15) is 9.59 Å². The second-order valence-electron chi connectivity index (χ2n) is 7.63. The van der Waals surface area contributed by atoms with Crippen LogP contribution in [-0.4, -0.2) is 45.0 Å². The maximum Gasteiger partial charge on any atom is 0.343 e. The molecule has 0 aliphatic heterocycles. The average Bonchev–Trinajstić information content (AvgIpc) is 2.92. The van der Waals surface area contributed by atoms with Gasteiger partial charge in [0.1, 0.15) is 5.75 Å². The molecule has 3 aromatic rings. The lowest BCUT2D eigenvalue weighted by molar-refractivity contribution is -0.123. The van der Waals surface area contributed by atoms with Gasteiger partial charge in [-0.3, -0.25) is 4.79 Å². The van der Waals surface area contributed by atoms with E-state index in [4.69, 9.17) is 23.7 Å². The van der Waals surface area contributed by atoms with Crippen LogP contribution in [0, 0.1) is 0 Å². The number of hydrazone groups is 1. The molecule has 0 fully saturated rings. The number of carbonyl (C=O) groups excluding carboxylic acids is 2. The Kier molecular flexibility index (Phi) is 10.3. The van der Waals surface area contributed by atoms with Gasteiger partial charge in [0.2, 0.25) is 0 Å². The first-order chi connectivity index (χ1) is 18.0. The molecule has 9 heteroatoms. The summed E-state index contributed by atoms with van der Waals surface area (Å²) in [6.45, 7) is 4.59. The topological polar surface area (TPSA) is 105 Å². The van der Waals surface area contributed by atoms with Crippen LogP contribution >= 0.6 is 0 Å². The van der Waals surface area contributed by atoms with Crippen molar-refractivity contribution < 1.29 is 33.3 Å². The third-order valence-corrected chi connectivity index (χ3v) is 4.86. The molecule has 3 aromatic carbocycles. The van der Waals surface area contributed by atoms with E-state index < -0.39 is 11.9 Å². The van der Waals surface area contributed by atoms with Gasteiger partial charge in [-0.25, -0.2) is 10.2 Å². The first-order valence-electron chi connectivity index (χ1n) is 11.8. The molecule has 1 amide bonds. The highest BCUT2D eigenvalue weighted by molar-refractivity contribution is 5.92. The van der Waals surface area contributed by atoms with Crippen molar-refractivity contribution in [3.63, 3.8) is 0 Å². The van der Waals surface area contributed by atoms with Gasteiger partial charge in [0.05, 0.1) is 32.1 Å². The van der Waals surface area contributed by atoms with Crippen LogP contribution in [0.3, 0.4) is 0 Å². The lowest BCUT2D eigenvalue weighted by atomic mass is 10.2. The van der Waals surface area contributed by atoms with Crippen LogP contribution in [0.5, 0.6) is 28.7 Å². The Labute approximate surface area is 216 Å². The first-order valence-corrected chi connectivity index (χ1v) is 11.8. The highest BCUT2D eigenvalue weighted by Crippen LogP contribution is 2.29. The predicted molar refractivity (Wildman–Crippen MR) is 139 cm³/mol. The number of hydrogen-bond donors (Lipinski definition) is 1. The van der Waals surface area contributed by atoms with Crippen molar-refractivity contribution in [2.45, 2.75) is 20.3 Å². The van der Waals surface area contributed by atoms with E-state index in [2.05, 4.69) is 10.5 Å². The van der Waals surface area contributed by atoms with Crippen LogP contribution in [0.15, 0.2) is 71.8 Å². The Morgan fingerprint density at radius 2 is 1.62 bits per heavy atom. The smallest absolute Gasteiger partial charge is 0.343 e. The fourth-order valence-corrected chi connectivity index (χ4v) is 3.12. The summed E-state index contributed by atoms with van der Waals surface area (Å²) in [7, 11) is 1.52. The minimum absolute atomic E-state index is 0.234. The number of para-hydroxylation sites is 2. The van der Waals surface area contributed by atoms with Crippen molar-refractivity contribution in [3.8, 4) is 28.7 Å². The standard InChI is InChI=1S/C28H30N2O7/c1-4-16-35-22-13-11-21(12-14-22)28(32)37-25-15-10-20(17-26(25)34-5-2)18-29-30-27(31)19-36-24-9-7-6-8-23(24)33-3/h6-15,17-18H,4-5,16,19H2,1-3H3,(H,30,31)/b29-18+. The van der Waals surface area contributed by atoms with Gasteiger partial charge in [-0.2, -0.15) is 5.10 Å². The molecule has 0 heterocycles. The van der Waals surface area contributed by atoms with E-state index in [1.54, 1.807) is 66.7 Å². The van der Waals surface area contributed by atoms with Crippen LogP contribution in [0.1, 0.15) is 36.2 Å². The lowest BCUT2D eigenvalue weighted by Gasteiger charge is -2.12. The Bertz CT molecular complexity index is 1210. The average molecular weight is 507 g/mol. The van der Waals surface area contributed by atoms with E-state index in [0.29, 0.717) is 47.3 Å². The van der Waals surface area contributed by atoms with Gasteiger partial charge in [-0.05, 0) is 73.5 Å². The molecule has 9 nitrogen and oxygen atoms in total. The van der Waals surface area contributed by atoms with Crippen molar-refractivity contribution in [1.29, 1.82) is 0 Å². The molecule has 0 radical (unpaired) electrons. The molecule has 37 heavy (non-hydrogen) atoms. The summed E-state index contributed by atoms with van der Waals surface area (Å²) >= 11 is 0. The van der Waals surface area contributed by atoms with E-state index in [0.717, 1.165) is 6.42 Å². The quantitative estimate of drug-likeness (QED) is 0.156. The van der Waals surface area contributed by atoms with E-state index in [-0.39, 0.29) is 12.4 Å². The number of carbonyl (C=O) groups is 2. The van der Waals surface area contributed by atoms with Gasteiger partial charge >= 0.3 is 5.97 Å². The van der Waals surface area contributed by atoms with Crippen LogP contribution < -0.4 is 29.1 Å². The molecule has 3 rings (SSSR count). The Morgan fingerprint density at radius 1 is 0.865 bits per heavy atom. The Balaban J connectivity index is 1.58. The summed E-state index contributed by atoms with van der Waals surface area (Å²) in [5.74, 6) is 1.35. The summed E-state index contributed by atoms with van der Waals surface area (Å²) in [5, 5.41) is 3.95.